The molecule has 0 amide bonds. The molecule has 1 aromatic rings. The Morgan fingerprint density at radius 3 is 1.95 bits per heavy atom. The Balaban J connectivity index is 2.80. The second kappa shape index (κ2) is 6.73. The van der Waals surface area contributed by atoms with Crippen molar-refractivity contribution in [2.24, 2.45) is 5.10 Å². The highest BCUT2D eigenvalue weighted by atomic mass is 19.4. The number of hydrogen-bond acceptors (Lipinski definition) is 4. The third-order valence-electron chi connectivity index (χ3n) is 2.24. The highest BCUT2D eigenvalue weighted by Crippen LogP contribution is 2.28. The molecule has 0 saturated heterocycles. The number of halogens is 3. The molecule has 114 valence electrons. The summed E-state index contributed by atoms with van der Waals surface area (Å²) >= 11 is 0. The van der Waals surface area contributed by atoms with Crippen LogP contribution in [-0.2, 0) is 15.8 Å². The van der Waals surface area contributed by atoms with Gasteiger partial charge in [0.2, 0.25) is 0 Å². The third-order valence-corrected chi connectivity index (χ3v) is 2.24. The van der Waals surface area contributed by atoms with Crippen LogP contribution in [0.25, 0.3) is 0 Å². The van der Waals surface area contributed by atoms with Gasteiger partial charge in [-0.2, -0.15) is 18.3 Å². The second-order valence-corrected chi connectivity index (χ2v) is 3.97. The van der Waals surface area contributed by atoms with E-state index in [9.17, 15) is 22.8 Å². The molecule has 0 heterocycles. The number of carbonyl (C=O) groups is 2. The summed E-state index contributed by atoms with van der Waals surface area (Å²) in [5.41, 5.74) is -0.545. The van der Waals surface area contributed by atoms with Crippen molar-refractivity contribution in [3.63, 3.8) is 0 Å². The van der Waals surface area contributed by atoms with Gasteiger partial charge in [-0.3, -0.25) is 14.6 Å². The Bertz CT molecular complexity index is 524. The van der Waals surface area contributed by atoms with E-state index in [1.165, 1.54) is 0 Å². The van der Waals surface area contributed by atoms with E-state index in [1.54, 1.807) is 0 Å². The Labute approximate surface area is 117 Å². The van der Waals surface area contributed by atoms with Crippen molar-refractivity contribution < 1.29 is 33.0 Å². The maximum Gasteiger partial charge on any atom is 0.416 e. The van der Waals surface area contributed by atoms with E-state index < -0.39 is 36.8 Å². The van der Waals surface area contributed by atoms with Crippen LogP contribution in [0.15, 0.2) is 29.4 Å². The second-order valence-electron chi connectivity index (χ2n) is 3.97. The first-order valence-corrected chi connectivity index (χ1v) is 5.58. The molecule has 0 aliphatic rings. The number of rotatable bonds is 6. The van der Waals surface area contributed by atoms with Crippen LogP contribution in [0.5, 0.6) is 0 Å². The van der Waals surface area contributed by atoms with Gasteiger partial charge in [0.1, 0.15) is 13.1 Å². The monoisotopic (exact) mass is 304 g/mol. The summed E-state index contributed by atoms with van der Waals surface area (Å²) in [4.78, 5) is 21.0. The molecule has 0 unspecified atom stereocenters. The van der Waals surface area contributed by atoms with E-state index in [0.717, 1.165) is 35.5 Å². The average Bonchev–Trinajstić information content (AvgIpc) is 2.34. The number of carboxylic acid groups (broad SMARTS) is 2. The predicted octanol–water partition coefficient (Wildman–Crippen LogP) is 1.51. The molecule has 9 heteroatoms. The van der Waals surface area contributed by atoms with E-state index in [2.05, 4.69) is 5.10 Å². The van der Waals surface area contributed by atoms with E-state index in [-0.39, 0.29) is 5.56 Å². The van der Waals surface area contributed by atoms with Crippen molar-refractivity contribution in [3.05, 3.63) is 35.4 Å². The number of hydrazone groups is 1. The summed E-state index contributed by atoms with van der Waals surface area (Å²) in [6.45, 7) is -1.27. The molecule has 0 spiro atoms. The molecule has 0 fully saturated rings. The van der Waals surface area contributed by atoms with E-state index in [0.29, 0.717) is 0 Å². The van der Waals surface area contributed by atoms with Crippen LogP contribution in [0.2, 0.25) is 0 Å². The summed E-state index contributed by atoms with van der Waals surface area (Å²) in [6, 6.07) is 3.98. The normalized spacial score (nSPS) is 11.6. The molecule has 2 N–H and O–H groups in total. The first kappa shape index (κ1) is 16.5. The molecular weight excluding hydrogens is 293 g/mol. The number of aliphatic carboxylic acids is 2. The Morgan fingerprint density at radius 2 is 1.57 bits per heavy atom. The lowest BCUT2D eigenvalue weighted by atomic mass is 10.1. The Hall–Kier alpha value is -2.58. The lowest BCUT2D eigenvalue weighted by molar-refractivity contribution is -0.142. The molecule has 0 aliphatic carbocycles. The quantitative estimate of drug-likeness (QED) is 0.614. The molecule has 1 aromatic carbocycles. The zero-order valence-electron chi connectivity index (χ0n) is 10.5. The van der Waals surface area contributed by atoms with Crippen LogP contribution in [0.4, 0.5) is 13.2 Å². The standard InChI is InChI=1S/C12H11F3N2O4/c13-12(14,15)9-3-1-8(2-4-9)5-16-17(6-10(18)19)7-11(20)21/h1-5H,6-7H2,(H,18,19)(H,20,21)/b16-5-. The van der Waals surface area contributed by atoms with Gasteiger partial charge in [0, 0.05) is 0 Å². The number of hydrogen-bond donors (Lipinski definition) is 2. The van der Waals surface area contributed by atoms with Gasteiger partial charge in [-0.1, -0.05) is 12.1 Å². The SMILES string of the molecule is O=C(O)CN(CC(=O)O)/N=C\c1ccc(C(F)(F)F)cc1. The molecular formula is C12H11F3N2O4. The van der Waals surface area contributed by atoms with E-state index in [1.807, 2.05) is 0 Å². The van der Waals surface area contributed by atoms with Gasteiger partial charge in [0.25, 0.3) is 0 Å². The number of carboxylic acids is 2. The fourth-order valence-corrected chi connectivity index (χ4v) is 1.36. The van der Waals surface area contributed by atoms with Crippen LogP contribution >= 0.6 is 0 Å². The highest BCUT2D eigenvalue weighted by Gasteiger charge is 2.29. The van der Waals surface area contributed by atoms with Gasteiger partial charge in [-0.25, -0.2) is 0 Å². The average molecular weight is 304 g/mol. The summed E-state index contributed by atoms with van der Waals surface area (Å²) in [5.74, 6) is -2.55. The van der Waals surface area contributed by atoms with Crippen molar-refractivity contribution in [2.75, 3.05) is 13.1 Å². The third kappa shape index (κ3) is 5.93. The van der Waals surface area contributed by atoms with E-state index >= 15 is 0 Å². The summed E-state index contributed by atoms with van der Waals surface area (Å²) in [6.07, 6.45) is -3.36. The van der Waals surface area contributed by atoms with Crippen molar-refractivity contribution >= 4 is 18.2 Å². The molecule has 0 saturated carbocycles. The molecule has 0 bridgehead atoms. The zero-order valence-corrected chi connectivity index (χ0v) is 10.5. The fourth-order valence-electron chi connectivity index (χ4n) is 1.36. The Morgan fingerprint density at radius 1 is 1.10 bits per heavy atom. The van der Waals surface area contributed by atoms with Crippen molar-refractivity contribution in [3.8, 4) is 0 Å². The minimum atomic E-state index is -4.45. The first-order chi connectivity index (χ1) is 9.68. The highest BCUT2D eigenvalue weighted by molar-refractivity contribution is 5.80. The number of alkyl halides is 3. The van der Waals surface area contributed by atoms with Gasteiger partial charge >= 0.3 is 18.1 Å². The summed E-state index contributed by atoms with van der Waals surface area (Å²) < 4.78 is 37.0. The summed E-state index contributed by atoms with van der Waals surface area (Å²) in [5, 5.41) is 21.6. The topological polar surface area (TPSA) is 90.2 Å². The van der Waals surface area contributed by atoms with Crippen molar-refractivity contribution in [2.45, 2.75) is 6.18 Å². The minimum absolute atomic E-state index is 0.281. The fraction of sp³-hybridized carbons (Fsp3) is 0.250. The van der Waals surface area contributed by atoms with Gasteiger partial charge in [-0.05, 0) is 17.7 Å². The first-order valence-electron chi connectivity index (χ1n) is 5.58. The molecule has 21 heavy (non-hydrogen) atoms. The summed E-state index contributed by atoms with van der Waals surface area (Å²) in [7, 11) is 0. The minimum Gasteiger partial charge on any atom is -0.480 e. The zero-order chi connectivity index (χ0) is 16.0. The maximum atomic E-state index is 12.3. The van der Waals surface area contributed by atoms with Crippen LogP contribution in [0.1, 0.15) is 11.1 Å². The van der Waals surface area contributed by atoms with Gasteiger partial charge < -0.3 is 10.2 Å². The van der Waals surface area contributed by atoms with Crippen LogP contribution in [0.3, 0.4) is 0 Å². The Kier molecular flexibility index (Phi) is 5.28. The lowest BCUT2D eigenvalue weighted by Crippen LogP contribution is -2.30. The van der Waals surface area contributed by atoms with Crippen LogP contribution in [-0.4, -0.2) is 46.5 Å². The van der Waals surface area contributed by atoms with Gasteiger partial charge in [-0.15, -0.1) is 0 Å². The van der Waals surface area contributed by atoms with Crippen molar-refractivity contribution in [1.82, 2.24) is 5.01 Å². The van der Waals surface area contributed by atoms with Gasteiger partial charge in [0.05, 0.1) is 11.8 Å². The van der Waals surface area contributed by atoms with Gasteiger partial charge in [0.15, 0.2) is 0 Å². The molecule has 0 aliphatic heterocycles. The molecule has 0 aromatic heterocycles. The van der Waals surface area contributed by atoms with E-state index in [4.69, 9.17) is 10.2 Å². The maximum absolute atomic E-state index is 12.3. The van der Waals surface area contributed by atoms with Crippen LogP contribution < -0.4 is 0 Å². The smallest absolute Gasteiger partial charge is 0.416 e. The predicted molar refractivity (Wildman–Crippen MR) is 65.9 cm³/mol. The van der Waals surface area contributed by atoms with Crippen molar-refractivity contribution in [1.29, 1.82) is 0 Å². The number of nitrogens with zero attached hydrogens (tertiary/aromatic N) is 2. The molecule has 6 nitrogen and oxygen atoms in total. The largest absolute Gasteiger partial charge is 0.480 e. The van der Waals surface area contributed by atoms with Crippen LogP contribution in [0, 0.1) is 0 Å². The molecule has 1 rings (SSSR count). The lowest BCUT2D eigenvalue weighted by Gasteiger charge is -2.13. The number of benzene rings is 1. The molecule has 0 radical (unpaired) electrons. The molecule has 0 atom stereocenters.